The first kappa shape index (κ1) is 36.1. The lowest BCUT2D eigenvalue weighted by Crippen LogP contribution is -2.43. The molecule has 1 saturated carbocycles. The third kappa shape index (κ3) is 8.60. The van der Waals surface area contributed by atoms with Gasteiger partial charge in [0, 0.05) is 29.6 Å². The van der Waals surface area contributed by atoms with E-state index >= 15 is 0 Å². The lowest BCUT2D eigenvalue weighted by Gasteiger charge is -2.36. The SMILES string of the molecule is Cc1cc(Cl)cc(Oc2nc(Br)nn2C(C)C)c1.Cc1cc(Cl)cc(Oc2nc(CC3[C@@H]4CC[C@H]3CN(c3nc(C)no3)C4)nn2C(C)C)c1. The van der Waals surface area contributed by atoms with E-state index in [4.69, 9.17) is 47.3 Å². The number of fused-ring (bicyclic) bond motifs is 2. The number of ether oxygens (including phenoxy) is 2. The molecule has 0 amide bonds. The van der Waals surface area contributed by atoms with Crippen molar-refractivity contribution in [3.63, 3.8) is 0 Å². The van der Waals surface area contributed by atoms with E-state index in [1.807, 2.05) is 69.6 Å². The molecule has 50 heavy (non-hydrogen) atoms. The first-order chi connectivity index (χ1) is 23.8. The van der Waals surface area contributed by atoms with Gasteiger partial charge in [0.25, 0.3) is 0 Å². The molecule has 15 heteroatoms. The van der Waals surface area contributed by atoms with Gasteiger partial charge in [0.05, 0.1) is 12.1 Å². The van der Waals surface area contributed by atoms with Crippen LogP contribution < -0.4 is 14.4 Å². The van der Waals surface area contributed by atoms with Crippen molar-refractivity contribution in [2.75, 3.05) is 18.0 Å². The standard InChI is InChI=1S/C23H29ClN6O2.C12H13BrClN3O/c1-13(2)30-23(31-19-8-14(3)7-18(24)9-19)26-21(27-30)10-20-16-5-6-17(20)12-29(11-16)22-25-15(4)28-32-22;1-7(2)17-12(15-11(13)16-17)18-10-5-8(3)4-9(14)6-10/h7-9,13,16-17,20H,5-6,10-12H2,1-4H3;4-7H,1-3H3/t16-,17+,20?;. The predicted molar refractivity (Wildman–Crippen MR) is 196 cm³/mol. The normalized spacial score (nSPS) is 18.5. The van der Waals surface area contributed by atoms with Gasteiger partial charge in [-0.1, -0.05) is 28.4 Å². The summed E-state index contributed by atoms with van der Waals surface area (Å²) >= 11 is 15.4. The van der Waals surface area contributed by atoms with Gasteiger partial charge in [0.1, 0.15) is 11.5 Å². The molecule has 0 spiro atoms. The number of nitrogens with zero attached hydrogens (tertiary/aromatic N) is 9. The average Bonchev–Trinajstić information content (AvgIpc) is 3.78. The molecule has 2 aromatic carbocycles. The Morgan fingerprint density at radius 1 is 0.780 bits per heavy atom. The van der Waals surface area contributed by atoms with Gasteiger partial charge in [-0.05, 0) is 143 Å². The topological polar surface area (TPSA) is 122 Å². The monoisotopic (exact) mass is 785 g/mol. The maximum Gasteiger partial charge on any atom is 0.324 e. The molecule has 0 N–H and O–H groups in total. The second-order valence-corrected chi connectivity index (χ2v) is 15.3. The van der Waals surface area contributed by atoms with Gasteiger partial charge in [0.2, 0.25) is 4.73 Å². The van der Waals surface area contributed by atoms with E-state index in [1.165, 1.54) is 12.8 Å². The Bertz CT molecular complexity index is 1890. The maximum atomic E-state index is 6.21. The molecule has 1 saturated heterocycles. The molecule has 2 fully saturated rings. The predicted octanol–water partition coefficient (Wildman–Crippen LogP) is 9.39. The van der Waals surface area contributed by atoms with Gasteiger partial charge < -0.3 is 18.9 Å². The lowest BCUT2D eigenvalue weighted by molar-refractivity contribution is 0.253. The zero-order chi connectivity index (χ0) is 35.7. The number of hydrogen-bond donors (Lipinski definition) is 0. The Labute approximate surface area is 310 Å². The van der Waals surface area contributed by atoms with Crippen LogP contribution in [0, 0.1) is 38.5 Å². The number of hydrogen-bond acceptors (Lipinski definition) is 10. The van der Waals surface area contributed by atoms with Crippen molar-refractivity contribution in [2.45, 2.75) is 79.8 Å². The molecule has 5 aromatic rings. The van der Waals surface area contributed by atoms with E-state index in [0.29, 0.717) is 67.9 Å². The van der Waals surface area contributed by atoms with E-state index in [-0.39, 0.29) is 12.1 Å². The number of aromatic nitrogens is 8. The molecule has 0 radical (unpaired) electrons. The molecule has 1 aliphatic heterocycles. The van der Waals surface area contributed by atoms with Crippen molar-refractivity contribution in [2.24, 2.45) is 17.8 Å². The molecule has 3 atom stereocenters. The summed E-state index contributed by atoms with van der Waals surface area (Å²) in [6, 6.07) is 13.1. The van der Waals surface area contributed by atoms with Gasteiger partial charge in [-0.25, -0.2) is 9.36 Å². The summed E-state index contributed by atoms with van der Waals surface area (Å²) in [7, 11) is 0. The number of benzene rings is 2. The van der Waals surface area contributed by atoms with Crippen LogP contribution in [0.3, 0.4) is 0 Å². The van der Waals surface area contributed by atoms with Crippen molar-refractivity contribution in [1.29, 1.82) is 0 Å². The largest absolute Gasteiger partial charge is 0.424 e. The number of anilines is 1. The minimum atomic E-state index is 0.144. The fourth-order valence-corrected chi connectivity index (χ4v) is 7.60. The van der Waals surface area contributed by atoms with Gasteiger partial charge in [-0.15, -0.1) is 5.10 Å². The lowest BCUT2D eigenvalue weighted by atomic mass is 9.82. The van der Waals surface area contributed by atoms with Crippen LogP contribution in [-0.4, -0.2) is 52.8 Å². The summed E-state index contributed by atoms with van der Waals surface area (Å²) in [5.41, 5.74) is 2.08. The fraction of sp³-hybridized carbons (Fsp3) is 0.486. The Morgan fingerprint density at radius 3 is 1.82 bits per heavy atom. The zero-order valence-electron chi connectivity index (χ0n) is 29.3. The highest BCUT2D eigenvalue weighted by Crippen LogP contribution is 2.44. The highest BCUT2D eigenvalue weighted by atomic mass is 79.9. The Balaban J connectivity index is 0.000000204. The van der Waals surface area contributed by atoms with Gasteiger partial charge >= 0.3 is 18.0 Å². The molecule has 4 heterocycles. The van der Waals surface area contributed by atoms with Crippen LogP contribution in [-0.2, 0) is 6.42 Å². The van der Waals surface area contributed by atoms with Crippen LogP contribution >= 0.6 is 39.1 Å². The van der Waals surface area contributed by atoms with Crippen LogP contribution in [0.2, 0.25) is 10.0 Å². The second-order valence-electron chi connectivity index (χ2n) is 13.7. The number of piperidine rings is 1. The van der Waals surface area contributed by atoms with Crippen LogP contribution in [0.4, 0.5) is 6.01 Å². The minimum absolute atomic E-state index is 0.144. The van der Waals surface area contributed by atoms with E-state index in [0.717, 1.165) is 36.5 Å². The van der Waals surface area contributed by atoms with Crippen molar-refractivity contribution < 1.29 is 14.0 Å². The van der Waals surface area contributed by atoms with Gasteiger partial charge in [-0.2, -0.15) is 20.1 Å². The van der Waals surface area contributed by atoms with Crippen LogP contribution in [0.1, 0.15) is 75.4 Å². The fourth-order valence-electron chi connectivity index (χ4n) is 6.72. The number of rotatable bonds is 9. The summed E-state index contributed by atoms with van der Waals surface area (Å²) < 4.78 is 21.3. The second kappa shape index (κ2) is 15.3. The van der Waals surface area contributed by atoms with Crippen LogP contribution in [0.15, 0.2) is 45.7 Å². The molecule has 266 valence electrons. The Hall–Kier alpha value is -3.68. The molecule has 1 unspecified atom stereocenters. The van der Waals surface area contributed by atoms with Crippen molar-refractivity contribution in [3.8, 4) is 23.5 Å². The summed E-state index contributed by atoms with van der Waals surface area (Å²) in [6.45, 7) is 15.9. The smallest absolute Gasteiger partial charge is 0.324 e. The minimum Gasteiger partial charge on any atom is -0.424 e. The number of aryl methyl sites for hydroxylation is 3. The van der Waals surface area contributed by atoms with E-state index < -0.39 is 0 Å². The molecular formula is C35H42BrCl2N9O3. The average molecular weight is 788 g/mol. The number of halogens is 3. The highest BCUT2D eigenvalue weighted by Gasteiger charge is 2.43. The maximum absolute atomic E-state index is 6.21. The highest BCUT2D eigenvalue weighted by molar-refractivity contribution is 9.10. The van der Waals surface area contributed by atoms with Crippen molar-refractivity contribution >= 4 is 45.1 Å². The molecular weight excluding hydrogens is 745 g/mol. The third-order valence-corrected chi connectivity index (χ3v) is 9.65. The molecule has 3 aromatic heterocycles. The summed E-state index contributed by atoms with van der Waals surface area (Å²) in [5, 5.41) is 14.3. The van der Waals surface area contributed by atoms with Gasteiger partial charge in [0.15, 0.2) is 11.6 Å². The van der Waals surface area contributed by atoms with Crippen molar-refractivity contribution in [3.05, 3.63) is 74.0 Å². The quantitative estimate of drug-likeness (QED) is 0.143. The van der Waals surface area contributed by atoms with E-state index in [9.17, 15) is 0 Å². The molecule has 1 aliphatic carbocycles. The molecule has 2 aliphatic rings. The first-order valence-electron chi connectivity index (χ1n) is 16.8. The van der Waals surface area contributed by atoms with E-state index in [1.54, 1.807) is 10.7 Å². The Kier molecular flexibility index (Phi) is 11.0. The summed E-state index contributed by atoms with van der Waals surface area (Å²) in [4.78, 5) is 15.6. The zero-order valence-corrected chi connectivity index (χ0v) is 32.4. The van der Waals surface area contributed by atoms with Crippen LogP contribution in [0.25, 0.3) is 0 Å². The Morgan fingerprint density at radius 2 is 1.32 bits per heavy atom. The summed E-state index contributed by atoms with van der Waals surface area (Å²) in [5.74, 6) is 4.57. The molecule has 2 bridgehead atoms. The first-order valence-corrected chi connectivity index (χ1v) is 18.4. The molecule has 7 rings (SSSR count). The van der Waals surface area contributed by atoms with Crippen molar-refractivity contribution in [1.82, 2.24) is 39.7 Å². The van der Waals surface area contributed by atoms with Crippen LogP contribution in [0.5, 0.6) is 23.5 Å². The van der Waals surface area contributed by atoms with Gasteiger partial charge in [-0.3, -0.25) is 0 Å². The summed E-state index contributed by atoms with van der Waals surface area (Å²) in [6.07, 6.45) is 3.29. The third-order valence-electron chi connectivity index (χ3n) is 8.88. The van der Waals surface area contributed by atoms with E-state index in [2.05, 4.69) is 54.9 Å². The molecule has 12 nitrogen and oxygen atoms in total.